The fourth-order valence-electron chi connectivity index (χ4n) is 1.38. The van der Waals surface area contributed by atoms with Crippen molar-refractivity contribution in [3.63, 3.8) is 0 Å². The van der Waals surface area contributed by atoms with Crippen LogP contribution in [0.2, 0.25) is 36.3 Å². The van der Waals surface area contributed by atoms with E-state index in [-0.39, 0.29) is 16.0 Å². The van der Waals surface area contributed by atoms with Crippen molar-refractivity contribution in [1.82, 2.24) is 0 Å². The minimum absolute atomic E-state index is 0.0705. The topological polar surface area (TPSA) is 42.2 Å². The van der Waals surface area contributed by atoms with Crippen LogP contribution in [0.15, 0.2) is 0 Å². The van der Waals surface area contributed by atoms with E-state index in [1.807, 2.05) is 0 Å². The molecule has 0 amide bonds. The molecule has 0 saturated heterocycles. The van der Waals surface area contributed by atoms with E-state index in [0.29, 0.717) is 13.2 Å². The molecule has 0 N–H and O–H groups in total. The Morgan fingerprint density at radius 3 is 1.64 bits per heavy atom. The lowest BCUT2D eigenvalue weighted by molar-refractivity contribution is 0.213. The molecule has 0 aliphatic heterocycles. The molecule has 0 aliphatic rings. The van der Waals surface area contributed by atoms with Crippen molar-refractivity contribution in [1.29, 1.82) is 5.26 Å². The summed E-state index contributed by atoms with van der Waals surface area (Å²) in [4.78, 5) is 0. The Morgan fingerprint density at radius 2 is 1.27 bits per heavy atom. The highest BCUT2D eigenvalue weighted by molar-refractivity contribution is 6.74. The van der Waals surface area contributed by atoms with Gasteiger partial charge in [-0.25, -0.2) is 0 Å². The standard InChI is InChI=1S/C17H37NO2Si2/c1-16(2,3)21(7,8)19-12-11-15(13-18)14-20-22(9,10)17(4,5)6/h15H,11-12,14H2,1-10H3. The molecule has 0 spiro atoms. The first-order valence-corrected chi connectivity index (χ1v) is 14.1. The summed E-state index contributed by atoms with van der Waals surface area (Å²) in [7, 11) is -3.49. The van der Waals surface area contributed by atoms with Gasteiger partial charge in [-0.05, 0) is 42.7 Å². The van der Waals surface area contributed by atoms with Crippen LogP contribution in [0.5, 0.6) is 0 Å². The first-order valence-electron chi connectivity index (χ1n) is 8.31. The van der Waals surface area contributed by atoms with Gasteiger partial charge in [0.2, 0.25) is 0 Å². The lowest BCUT2D eigenvalue weighted by Crippen LogP contribution is -2.42. The summed E-state index contributed by atoms with van der Waals surface area (Å²) < 4.78 is 12.3. The van der Waals surface area contributed by atoms with E-state index in [1.54, 1.807) is 0 Å². The molecule has 22 heavy (non-hydrogen) atoms. The van der Waals surface area contributed by atoms with Crippen molar-refractivity contribution >= 4 is 16.6 Å². The van der Waals surface area contributed by atoms with Gasteiger partial charge in [0.25, 0.3) is 0 Å². The van der Waals surface area contributed by atoms with E-state index in [0.717, 1.165) is 6.42 Å². The number of hydrogen-bond acceptors (Lipinski definition) is 3. The summed E-state index contributed by atoms with van der Waals surface area (Å²) >= 11 is 0. The van der Waals surface area contributed by atoms with E-state index >= 15 is 0 Å². The van der Waals surface area contributed by atoms with Crippen molar-refractivity contribution in [2.45, 2.75) is 84.2 Å². The summed E-state index contributed by atoms with van der Waals surface area (Å²) in [5, 5.41) is 9.76. The molecule has 0 aliphatic carbocycles. The minimum Gasteiger partial charge on any atom is -0.417 e. The van der Waals surface area contributed by atoms with Gasteiger partial charge >= 0.3 is 0 Å². The molecule has 0 radical (unpaired) electrons. The van der Waals surface area contributed by atoms with Crippen LogP contribution >= 0.6 is 0 Å². The Bertz CT molecular complexity index is 387. The zero-order valence-corrected chi connectivity index (χ0v) is 18.5. The second-order valence-electron chi connectivity index (χ2n) is 9.29. The largest absolute Gasteiger partial charge is 0.417 e. The first-order chi connectivity index (χ1) is 9.64. The van der Waals surface area contributed by atoms with Crippen LogP contribution in [-0.4, -0.2) is 29.8 Å². The minimum atomic E-state index is -1.77. The smallest absolute Gasteiger partial charge is 0.192 e. The van der Waals surface area contributed by atoms with E-state index in [2.05, 4.69) is 73.8 Å². The van der Waals surface area contributed by atoms with Crippen molar-refractivity contribution in [2.24, 2.45) is 5.92 Å². The molecule has 1 unspecified atom stereocenters. The van der Waals surface area contributed by atoms with Crippen molar-refractivity contribution < 1.29 is 8.85 Å². The van der Waals surface area contributed by atoms with Crippen LogP contribution < -0.4 is 0 Å². The molecule has 3 nitrogen and oxygen atoms in total. The monoisotopic (exact) mass is 343 g/mol. The van der Waals surface area contributed by atoms with Crippen LogP contribution in [0.1, 0.15) is 48.0 Å². The Morgan fingerprint density at radius 1 is 0.864 bits per heavy atom. The molecular formula is C17H37NO2Si2. The maximum absolute atomic E-state index is 9.36. The third kappa shape index (κ3) is 6.53. The molecule has 5 heteroatoms. The molecule has 0 saturated carbocycles. The van der Waals surface area contributed by atoms with Crippen molar-refractivity contribution in [3.8, 4) is 6.07 Å². The third-order valence-electron chi connectivity index (χ3n) is 5.37. The van der Waals surface area contributed by atoms with Gasteiger partial charge in [0.05, 0.1) is 12.0 Å². The van der Waals surface area contributed by atoms with Gasteiger partial charge in [-0.2, -0.15) is 5.26 Å². The number of rotatable bonds is 7. The summed E-state index contributed by atoms with van der Waals surface area (Å²) in [5.41, 5.74) is 0. The Hall–Kier alpha value is -0.156. The van der Waals surface area contributed by atoms with Crippen LogP contribution in [-0.2, 0) is 8.85 Å². The normalized spacial score (nSPS) is 15.5. The first kappa shape index (κ1) is 21.8. The van der Waals surface area contributed by atoms with Gasteiger partial charge in [0, 0.05) is 13.2 Å². The lowest BCUT2D eigenvalue weighted by atomic mass is 10.1. The van der Waals surface area contributed by atoms with E-state index in [9.17, 15) is 5.26 Å². The second-order valence-corrected chi connectivity index (χ2v) is 18.9. The summed E-state index contributed by atoms with van der Waals surface area (Å²) in [6, 6.07) is 2.38. The highest BCUT2D eigenvalue weighted by Crippen LogP contribution is 2.38. The molecular weight excluding hydrogens is 306 g/mol. The molecule has 0 fully saturated rings. The fourth-order valence-corrected chi connectivity index (χ4v) is 3.50. The van der Waals surface area contributed by atoms with E-state index in [1.165, 1.54) is 0 Å². The van der Waals surface area contributed by atoms with E-state index < -0.39 is 16.6 Å². The molecule has 0 bridgehead atoms. The highest BCUT2D eigenvalue weighted by Gasteiger charge is 2.38. The predicted molar refractivity (Wildman–Crippen MR) is 100 cm³/mol. The van der Waals surface area contributed by atoms with Gasteiger partial charge in [-0.15, -0.1) is 0 Å². The van der Waals surface area contributed by atoms with E-state index in [4.69, 9.17) is 8.85 Å². The third-order valence-corrected chi connectivity index (χ3v) is 14.4. The summed E-state index contributed by atoms with van der Waals surface area (Å²) in [6.07, 6.45) is 0.762. The lowest BCUT2D eigenvalue weighted by Gasteiger charge is -2.37. The highest BCUT2D eigenvalue weighted by atomic mass is 28.4. The summed E-state index contributed by atoms with van der Waals surface area (Å²) in [6.45, 7) is 23.5. The number of nitriles is 1. The molecule has 0 aromatic carbocycles. The van der Waals surface area contributed by atoms with Gasteiger partial charge in [-0.3, -0.25) is 0 Å². The summed E-state index contributed by atoms with van der Waals surface area (Å²) in [5.74, 6) is -0.0705. The van der Waals surface area contributed by atoms with Crippen LogP contribution in [0.25, 0.3) is 0 Å². The number of nitrogens with zero attached hydrogens (tertiary/aromatic N) is 1. The van der Waals surface area contributed by atoms with Gasteiger partial charge in [-0.1, -0.05) is 41.5 Å². The Kier molecular flexibility index (Phi) is 7.55. The van der Waals surface area contributed by atoms with Gasteiger partial charge in [0.1, 0.15) is 0 Å². The zero-order chi connectivity index (χ0) is 17.8. The zero-order valence-electron chi connectivity index (χ0n) is 16.5. The molecule has 0 heterocycles. The SMILES string of the molecule is CC(C)(C)[Si](C)(C)OCCC(C#N)CO[Si](C)(C)C(C)(C)C. The Labute approximate surface area is 140 Å². The quantitative estimate of drug-likeness (QED) is 0.568. The van der Waals surface area contributed by atoms with Crippen molar-refractivity contribution in [3.05, 3.63) is 0 Å². The average Bonchev–Trinajstić information content (AvgIpc) is 2.30. The van der Waals surface area contributed by atoms with Gasteiger partial charge < -0.3 is 8.85 Å². The van der Waals surface area contributed by atoms with Crippen LogP contribution in [0, 0.1) is 17.2 Å². The predicted octanol–water partition coefficient (Wildman–Crippen LogP) is 5.56. The molecule has 1 atom stereocenters. The maximum atomic E-state index is 9.36. The molecule has 0 rings (SSSR count). The fraction of sp³-hybridized carbons (Fsp3) is 0.941. The van der Waals surface area contributed by atoms with Crippen molar-refractivity contribution in [2.75, 3.05) is 13.2 Å². The molecule has 0 aromatic heterocycles. The number of hydrogen-bond donors (Lipinski definition) is 0. The molecule has 0 aromatic rings. The molecule has 130 valence electrons. The maximum Gasteiger partial charge on any atom is 0.192 e. The Balaban J connectivity index is 4.40. The second kappa shape index (κ2) is 7.61. The van der Waals surface area contributed by atoms with Crippen LogP contribution in [0.3, 0.4) is 0 Å². The van der Waals surface area contributed by atoms with Gasteiger partial charge in [0.15, 0.2) is 16.6 Å². The van der Waals surface area contributed by atoms with Crippen LogP contribution in [0.4, 0.5) is 0 Å². The average molecular weight is 344 g/mol.